The van der Waals surface area contributed by atoms with Crippen molar-refractivity contribution in [3.8, 4) is 5.75 Å². The van der Waals surface area contributed by atoms with Gasteiger partial charge in [-0.3, -0.25) is 13.9 Å². The fourth-order valence-corrected chi connectivity index (χ4v) is 6.14. The summed E-state index contributed by atoms with van der Waals surface area (Å²) in [6.07, 6.45) is 2.62. The Kier molecular flexibility index (Phi) is 12.0. The minimum Gasteiger partial charge on any atom is -0.495 e. The molecule has 2 amide bonds. The third-order valence-corrected chi connectivity index (χ3v) is 8.82. The van der Waals surface area contributed by atoms with Crippen molar-refractivity contribution in [3.05, 3.63) is 89.4 Å². The first-order valence-corrected chi connectivity index (χ1v) is 15.6. The third-order valence-electron chi connectivity index (χ3n) is 6.73. The maximum atomic E-state index is 14.1. The second-order valence-corrected chi connectivity index (χ2v) is 11.8. The van der Waals surface area contributed by atoms with Crippen molar-refractivity contribution in [1.29, 1.82) is 0 Å². The molecule has 0 heterocycles. The van der Waals surface area contributed by atoms with Crippen LogP contribution in [0.3, 0.4) is 0 Å². The van der Waals surface area contributed by atoms with Crippen LogP contribution in [-0.2, 0) is 26.0 Å². The Morgan fingerprint density at radius 3 is 2.22 bits per heavy atom. The number of nitrogens with zero attached hydrogens (tertiary/aromatic N) is 2. The van der Waals surface area contributed by atoms with Crippen LogP contribution in [0.25, 0.3) is 0 Å². The number of sulfonamides is 1. The standard InChI is InChI=1S/C31H38ClN3O5S/c1-4-6-20-33-31(37)28(5-2)34(21-19-24-13-9-7-10-14-24)30(36)23-35(25-17-18-29(40-3)27(32)22-25)41(38,39)26-15-11-8-12-16-26/h7-18,22,28H,4-6,19-21,23H2,1-3H3,(H,33,37)/t28-/m1/s1. The predicted molar refractivity (Wildman–Crippen MR) is 163 cm³/mol. The minimum absolute atomic E-state index is 0.0277. The maximum absolute atomic E-state index is 14.1. The zero-order valence-electron chi connectivity index (χ0n) is 23.8. The number of methoxy groups -OCH3 is 1. The summed E-state index contributed by atoms with van der Waals surface area (Å²) in [4.78, 5) is 28.8. The molecule has 0 saturated carbocycles. The summed E-state index contributed by atoms with van der Waals surface area (Å²) in [7, 11) is -2.71. The van der Waals surface area contributed by atoms with Gasteiger partial charge in [-0.1, -0.05) is 80.4 Å². The number of unbranched alkanes of at least 4 members (excludes halogenated alkanes) is 1. The molecule has 0 aliphatic heterocycles. The molecule has 10 heteroatoms. The van der Waals surface area contributed by atoms with Gasteiger partial charge in [-0.25, -0.2) is 8.42 Å². The van der Waals surface area contributed by atoms with Crippen molar-refractivity contribution < 1.29 is 22.7 Å². The average molecular weight is 600 g/mol. The van der Waals surface area contributed by atoms with Gasteiger partial charge in [0.05, 0.1) is 22.7 Å². The Balaban J connectivity index is 2.00. The number of anilines is 1. The molecule has 0 radical (unpaired) electrons. The molecule has 0 aliphatic rings. The van der Waals surface area contributed by atoms with Gasteiger partial charge in [0.25, 0.3) is 10.0 Å². The van der Waals surface area contributed by atoms with E-state index >= 15 is 0 Å². The largest absolute Gasteiger partial charge is 0.495 e. The molecule has 3 rings (SSSR count). The van der Waals surface area contributed by atoms with E-state index in [1.165, 1.54) is 30.2 Å². The predicted octanol–water partition coefficient (Wildman–Crippen LogP) is 5.31. The third kappa shape index (κ3) is 8.47. The fraction of sp³-hybridized carbons (Fsp3) is 0.355. The molecule has 220 valence electrons. The Morgan fingerprint density at radius 1 is 0.976 bits per heavy atom. The number of amides is 2. The highest BCUT2D eigenvalue weighted by molar-refractivity contribution is 7.92. The fourth-order valence-electron chi connectivity index (χ4n) is 4.46. The number of rotatable bonds is 15. The molecule has 0 aliphatic carbocycles. The molecule has 3 aromatic carbocycles. The number of carbonyl (C=O) groups is 2. The molecule has 1 N–H and O–H groups in total. The topological polar surface area (TPSA) is 96.0 Å². The summed E-state index contributed by atoms with van der Waals surface area (Å²) in [5.41, 5.74) is 1.21. The number of halogens is 1. The van der Waals surface area contributed by atoms with Crippen LogP contribution in [0, 0.1) is 0 Å². The van der Waals surface area contributed by atoms with Gasteiger partial charge in [-0.15, -0.1) is 0 Å². The van der Waals surface area contributed by atoms with Crippen molar-refractivity contribution >= 4 is 39.1 Å². The Labute approximate surface area is 248 Å². The molecule has 8 nitrogen and oxygen atoms in total. The van der Waals surface area contributed by atoms with Gasteiger partial charge in [0.2, 0.25) is 11.8 Å². The van der Waals surface area contributed by atoms with Crippen LogP contribution in [0.4, 0.5) is 5.69 Å². The molecule has 0 unspecified atom stereocenters. The Hall–Kier alpha value is -3.56. The summed E-state index contributed by atoms with van der Waals surface area (Å²) in [6.45, 7) is 4.10. The summed E-state index contributed by atoms with van der Waals surface area (Å²) >= 11 is 6.37. The lowest BCUT2D eigenvalue weighted by Gasteiger charge is -2.33. The molecule has 3 aromatic rings. The number of ether oxygens (including phenoxy) is 1. The van der Waals surface area contributed by atoms with Crippen LogP contribution in [0.5, 0.6) is 5.75 Å². The lowest BCUT2D eigenvalue weighted by molar-refractivity contribution is -0.139. The van der Waals surface area contributed by atoms with E-state index < -0.39 is 28.5 Å². The highest BCUT2D eigenvalue weighted by Crippen LogP contribution is 2.32. The maximum Gasteiger partial charge on any atom is 0.264 e. The minimum atomic E-state index is -4.17. The number of benzene rings is 3. The zero-order valence-corrected chi connectivity index (χ0v) is 25.3. The van der Waals surface area contributed by atoms with Crippen LogP contribution >= 0.6 is 11.6 Å². The molecule has 0 fully saturated rings. The van der Waals surface area contributed by atoms with E-state index in [1.807, 2.05) is 44.2 Å². The molecule has 0 saturated heterocycles. The van der Waals surface area contributed by atoms with Crippen molar-refractivity contribution in [2.75, 3.05) is 31.0 Å². The van der Waals surface area contributed by atoms with E-state index in [1.54, 1.807) is 30.3 Å². The first-order valence-electron chi connectivity index (χ1n) is 13.7. The normalized spacial score (nSPS) is 11.9. The van der Waals surface area contributed by atoms with E-state index in [-0.39, 0.29) is 28.1 Å². The van der Waals surface area contributed by atoms with Gasteiger partial charge in [0.1, 0.15) is 18.3 Å². The second-order valence-electron chi connectivity index (χ2n) is 9.53. The molecular weight excluding hydrogens is 562 g/mol. The highest BCUT2D eigenvalue weighted by Gasteiger charge is 2.33. The van der Waals surface area contributed by atoms with E-state index in [4.69, 9.17) is 16.3 Å². The Morgan fingerprint density at radius 2 is 1.63 bits per heavy atom. The molecule has 1 atom stereocenters. The smallest absolute Gasteiger partial charge is 0.264 e. The summed E-state index contributed by atoms with van der Waals surface area (Å²) in [6, 6.07) is 21.3. The molecule has 0 bridgehead atoms. The van der Waals surface area contributed by atoms with Crippen LogP contribution < -0.4 is 14.4 Å². The monoisotopic (exact) mass is 599 g/mol. The van der Waals surface area contributed by atoms with E-state index in [9.17, 15) is 18.0 Å². The molecule has 41 heavy (non-hydrogen) atoms. The van der Waals surface area contributed by atoms with Crippen LogP contribution in [0.1, 0.15) is 38.7 Å². The number of hydrogen-bond acceptors (Lipinski definition) is 5. The average Bonchev–Trinajstić information content (AvgIpc) is 2.98. The van der Waals surface area contributed by atoms with E-state index in [0.29, 0.717) is 25.1 Å². The van der Waals surface area contributed by atoms with Crippen molar-refractivity contribution in [3.63, 3.8) is 0 Å². The molecule has 0 spiro atoms. The van der Waals surface area contributed by atoms with Gasteiger partial charge in [0, 0.05) is 13.1 Å². The molecule has 0 aromatic heterocycles. The van der Waals surface area contributed by atoms with Crippen LogP contribution in [-0.4, -0.2) is 57.9 Å². The van der Waals surface area contributed by atoms with Gasteiger partial charge in [0.15, 0.2) is 0 Å². The summed E-state index contributed by atoms with van der Waals surface area (Å²) in [5.74, 6) is -0.379. The summed E-state index contributed by atoms with van der Waals surface area (Å²) < 4.78 is 34.0. The van der Waals surface area contributed by atoms with Gasteiger partial charge >= 0.3 is 0 Å². The number of nitrogens with one attached hydrogen (secondary N) is 1. The SMILES string of the molecule is CCCCNC(=O)[C@@H](CC)N(CCc1ccccc1)C(=O)CN(c1ccc(OC)c(Cl)c1)S(=O)(=O)c1ccccc1. The van der Waals surface area contributed by atoms with Crippen molar-refractivity contribution in [2.24, 2.45) is 0 Å². The zero-order chi connectivity index (χ0) is 29.8. The first-order chi connectivity index (χ1) is 19.7. The van der Waals surface area contributed by atoms with Gasteiger partial charge in [-0.05, 0) is 55.2 Å². The number of hydrogen-bond donors (Lipinski definition) is 1. The first kappa shape index (κ1) is 32.0. The van der Waals surface area contributed by atoms with E-state index in [2.05, 4.69) is 5.32 Å². The lowest BCUT2D eigenvalue weighted by atomic mass is 10.1. The van der Waals surface area contributed by atoms with Crippen LogP contribution in [0.2, 0.25) is 5.02 Å². The van der Waals surface area contributed by atoms with Crippen molar-refractivity contribution in [2.45, 2.75) is 50.5 Å². The lowest BCUT2D eigenvalue weighted by Crippen LogP contribution is -2.53. The Bertz CT molecular complexity index is 1390. The van der Waals surface area contributed by atoms with Crippen molar-refractivity contribution in [1.82, 2.24) is 10.2 Å². The highest BCUT2D eigenvalue weighted by atomic mass is 35.5. The van der Waals surface area contributed by atoms with Gasteiger partial charge in [-0.2, -0.15) is 0 Å². The second kappa shape index (κ2) is 15.4. The van der Waals surface area contributed by atoms with Gasteiger partial charge < -0.3 is 15.0 Å². The van der Waals surface area contributed by atoms with E-state index in [0.717, 1.165) is 22.7 Å². The summed E-state index contributed by atoms with van der Waals surface area (Å²) in [5, 5.41) is 3.14. The quantitative estimate of drug-likeness (QED) is 0.239. The van der Waals surface area contributed by atoms with Crippen LogP contribution in [0.15, 0.2) is 83.8 Å². The number of carbonyl (C=O) groups excluding carboxylic acids is 2. The molecular formula is C31H38ClN3O5S.